The SMILES string of the molecule is Nc1ccc(C(=O)Nc2ccc(CO)cc2)cc1F. The van der Waals surface area contributed by atoms with Crippen LogP contribution in [-0.4, -0.2) is 11.0 Å². The fourth-order valence-electron chi connectivity index (χ4n) is 1.57. The van der Waals surface area contributed by atoms with Crippen LogP contribution < -0.4 is 11.1 Å². The fraction of sp³-hybridized carbons (Fsp3) is 0.0714. The van der Waals surface area contributed by atoms with Crippen LogP contribution in [0.5, 0.6) is 0 Å². The van der Waals surface area contributed by atoms with Crippen molar-refractivity contribution in [1.29, 1.82) is 0 Å². The molecular formula is C14H13FN2O2. The van der Waals surface area contributed by atoms with Gasteiger partial charge in [0.25, 0.3) is 5.91 Å². The summed E-state index contributed by atoms with van der Waals surface area (Å²) in [5.74, 6) is -1.04. The summed E-state index contributed by atoms with van der Waals surface area (Å²) in [7, 11) is 0. The van der Waals surface area contributed by atoms with Gasteiger partial charge in [-0.15, -0.1) is 0 Å². The number of aliphatic hydroxyl groups excluding tert-OH is 1. The van der Waals surface area contributed by atoms with Crippen LogP contribution in [0.2, 0.25) is 0 Å². The second-order valence-electron chi connectivity index (χ2n) is 4.05. The molecule has 0 radical (unpaired) electrons. The molecule has 0 unspecified atom stereocenters. The first-order chi connectivity index (χ1) is 9.10. The van der Waals surface area contributed by atoms with Gasteiger partial charge in [0.15, 0.2) is 0 Å². The quantitative estimate of drug-likeness (QED) is 0.740. The number of rotatable bonds is 3. The zero-order valence-corrected chi connectivity index (χ0v) is 10.1. The van der Waals surface area contributed by atoms with Crippen molar-refractivity contribution in [1.82, 2.24) is 0 Å². The molecule has 0 aliphatic rings. The number of hydrogen-bond donors (Lipinski definition) is 3. The molecule has 4 nitrogen and oxygen atoms in total. The maximum atomic E-state index is 13.2. The first-order valence-electron chi connectivity index (χ1n) is 5.66. The fourth-order valence-corrected chi connectivity index (χ4v) is 1.57. The van der Waals surface area contributed by atoms with Gasteiger partial charge in [-0.3, -0.25) is 4.79 Å². The van der Waals surface area contributed by atoms with Crippen LogP contribution >= 0.6 is 0 Å². The van der Waals surface area contributed by atoms with Crippen LogP contribution in [0, 0.1) is 5.82 Å². The van der Waals surface area contributed by atoms with Gasteiger partial charge in [0.1, 0.15) is 5.82 Å². The third-order valence-electron chi connectivity index (χ3n) is 2.66. The highest BCUT2D eigenvalue weighted by molar-refractivity contribution is 6.04. The Morgan fingerprint density at radius 3 is 2.47 bits per heavy atom. The number of aliphatic hydroxyl groups is 1. The summed E-state index contributed by atoms with van der Waals surface area (Å²) in [4.78, 5) is 11.9. The van der Waals surface area contributed by atoms with E-state index < -0.39 is 11.7 Å². The molecule has 2 rings (SSSR count). The Morgan fingerprint density at radius 1 is 1.21 bits per heavy atom. The molecule has 1 amide bonds. The highest BCUT2D eigenvalue weighted by atomic mass is 19.1. The molecule has 4 N–H and O–H groups in total. The Bertz CT molecular complexity index is 597. The van der Waals surface area contributed by atoms with Gasteiger partial charge in [-0.25, -0.2) is 4.39 Å². The maximum absolute atomic E-state index is 13.2. The number of nitrogens with one attached hydrogen (secondary N) is 1. The molecule has 0 aromatic heterocycles. The average molecular weight is 260 g/mol. The Balaban J connectivity index is 2.13. The second kappa shape index (κ2) is 5.49. The summed E-state index contributed by atoms with van der Waals surface area (Å²) in [6.45, 7) is -0.0581. The number of hydrogen-bond acceptors (Lipinski definition) is 3. The minimum atomic E-state index is -0.622. The van der Waals surface area contributed by atoms with E-state index in [0.29, 0.717) is 5.69 Å². The summed E-state index contributed by atoms with van der Waals surface area (Å²) in [6.07, 6.45) is 0. The Morgan fingerprint density at radius 2 is 1.89 bits per heavy atom. The highest BCUT2D eigenvalue weighted by Gasteiger charge is 2.08. The predicted molar refractivity (Wildman–Crippen MR) is 71.1 cm³/mol. The molecule has 2 aromatic carbocycles. The van der Waals surface area contributed by atoms with Crippen molar-refractivity contribution >= 4 is 17.3 Å². The smallest absolute Gasteiger partial charge is 0.255 e. The van der Waals surface area contributed by atoms with Crippen molar-refractivity contribution in [3.8, 4) is 0 Å². The number of anilines is 2. The molecule has 0 saturated carbocycles. The summed E-state index contributed by atoms with van der Waals surface area (Å²) in [5.41, 5.74) is 6.85. The van der Waals surface area contributed by atoms with E-state index in [1.165, 1.54) is 12.1 Å². The molecule has 0 aliphatic heterocycles. The number of nitrogens with two attached hydrogens (primary N) is 1. The van der Waals surface area contributed by atoms with Gasteiger partial charge < -0.3 is 16.2 Å². The summed E-state index contributed by atoms with van der Waals surface area (Å²) in [6, 6.07) is 10.6. The molecule has 0 fully saturated rings. The van der Waals surface area contributed by atoms with E-state index >= 15 is 0 Å². The third kappa shape index (κ3) is 3.08. The van der Waals surface area contributed by atoms with Gasteiger partial charge in [-0.2, -0.15) is 0 Å². The average Bonchev–Trinajstić information content (AvgIpc) is 2.42. The van der Waals surface area contributed by atoms with E-state index in [1.54, 1.807) is 24.3 Å². The van der Waals surface area contributed by atoms with Crippen molar-refractivity contribution in [2.45, 2.75) is 6.61 Å². The minimum absolute atomic E-state index is 0.00356. The molecule has 0 heterocycles. The number of carbonyl (C=O) groups excluding carboxylic acids is 1. The largest absolute Gasteiger partial charge is 0.396 e. The van der Waals surface area contributed by atoms with Crippen LogP contribution in [-0.2, 0) is 6.61 Å². The summed E-state index contributed by atoms with van der Waals surface area (Å²) < 4.78 is 13.2. The summed E-state index contributed by atoms with van der Waals surface area (Å²) in [5, 5.41) is 11.5. The predicted octanol–water partition coefficient (Wildman–Crippen LogP) is 2.15. The molecule has 0 aliphatic carbocycles. The molecule has 5 heteroatoms. The number of carbonyl (C=O) groups is 1. The molecule has 0 atom stereocenters. The normalized spacial score (nSPS) is 10.2. The Kier molecular flexibility index (Phi) is 3.77. The molecule has 0 bridgehead atoms. The Hall–Kier alpha value is -2.40. The van der Waals surface area contributed by atoms with Gasteiger partial charge in [0.2, 0.25) is 0 Å². The first-order valence-corrected chi connectivity index (χ1v) is 5.66. The van der Waals surface area contributed by atoms with E-state index in [4.69, 9.17) is 10.8 Å². The van der Waals surface area contributed by atoms with Gasteiger partial charge in [0, 0.05) is 11.3 Å². The van der Waals surface area contributed by atoms with Crippen molar-refractivity contribution in [2.24, 2.45) is 0 Å². The van der Waals surface area contributed by atoms with Crippen molar-refractivity contribution < 1.29 is 14.3 Å². The molecule has 0 spiro atoms. The molecule has 0 saturated heterocycles. The zero-order chi connectivity index (χ0) is 13.8. The van der Waals surface area contributed by atoms with E-state index in [9.17, 15) is 9.18 Å². The lowest BCUT2D eigenvalue weighted by Gasteiger charge is -2.06. The van der Waals surface area contributed by atoms with Gasteiger partial charge in [-0.1, -0.05) is 12.1 Å². The Labute approximate surface area is 109 Å². The van der Waals surface area contributed by atoms with E-state index in [2.05, 4.69) is 5.32 Å². The van der Waals surface area contributed by atoms with Gasteiger partial charge >= 0.3 is 0 Å². The number of benzene rings is 2. The van der Waals surface area contributed by atoms with Gasteiger partial charge in [-0.05, 0) is 35.9 Å². The molecule has 19 heavy (non-hydrogen) atoms. The van der Waals surface area contributed by atoms with Crippen LogP contribution in [0.25, 0.3) is 0 Å². The van der Waals surface area contributed by atoms with E-state index in [-0.39, 0.29) is 17.9 Å². The molecule has 2 aromatic rings. The van der Waals surface area contributed by atoms with Crippen molar-refractivity contribution in [3.05, 3.63) is 59.4 Å². The number of amides is 1. The second-order valence-corrected chi connectivity index (χ2v) is 4.05. The van der Waals surface area contributed by atoms with Crippen molar-refractivity contribution in [2.75, 3.05) is 11.1 Å². The maximum Gasteiger partial charge on any atom is 0.255 e. The number of nitrogen functional groups attached to an aromatic ring is 1. The third-order valence-corrected chi connectivity index (χ3v) is 2.66. The monoisotopic (exact) mass is 260 g/mol. The van der Waals surface area contributed by atoms with Crippen LogP contribution in [0.4, 0.5) is 15.8 Å². The first kappa shape index (κ1) is 13.0. The van der Waals surface area contributed by atoms with Crippen molar-refractivity contribution in [3.63, 3.8) is 0 Å². The van der Waals surface area contributed by atoms with E-state index in [1.807, 2.05) is 0 Å². The summed E-state index contributed by atoms with van der Waals surface area (Å²) >= 11 is 0. The van der Waals surface area contributed by atoms with Crippen LogP contribution in [0.1, 0.15) is 15.9 Å². The number of halogens is 1. The topological polar surface area (TPSA) is 75.4 Å². The standard InChI is InChI=1S/C14H13FN2O2/c15-12-7-10(3-6-13(12)16)14(19)17-11-4-1-9(8-18)2-5-11/h1-7,18H,8,16H2,(H,17,19). The lowest BCUT2D eigenvalue weighted by Crippen LogP contribution is -2.12. The minimum Gasteiger partial charge on any atom is -0.396 e. The highest BCUT2D eigenvalue weighted by Crippen LogP contribution is 2.15. The van der Waals surface area contributed by atoms with Gasteiger partial charge in [0.05, 0.1) is 12.3 Å². The zero-order valence-electron chi connectivity index (χ0n) is 10.1. The lowest BCUT2D eigenvalue weighted by atomic mass is 10.1. The van der Waals surface area contributed by atoms with Crippen LogP contribution in [0.3, 0.4) is 0 Å². The molecule has 98 valence electrons. The molecular weight excluding hydrogens is 247 g/mol. The van der Waals surface area contributed by atoms with E-state index in [0.717, 1.165) is 11.6 Å². The lowest BCUT2D eigenvalue weighted by molar-refractivity contribution is 0.102. The van der Waals surface area contributed by atoms with Crippen LogP contribution in [0.15, 0.2) is 42.5 Å².